The molecule has 0 radical (unpaired) electrons. The number of carbonyl (C=O) groups is 1. The van der Waals surface area contributed by atoms with E-state index in [2.05, 4.69) is 48.4 Å². The van der Waals surface area contributed by atoms with Gasteiger partial charge in [-0.1, -0.05) is 43.3 Å². The highest BCUT2D eigenvalue weighted by atomic mass is 16.5. The molecule has 1 aromatic rings. The largest absolute Gasteiger partial charge is 0.382 e. The molecule has 5 rings (SSSR count). The standard InChI is InChI=1S/C30H39N3O4/c1-20-9-8-11-23-14-13-22-10-6-7-12-25(22)28(26(20)23)33-19-31(24(17-36-4)18-37-5)29(34)27-21(2)30(3,35)15-16-32(27)33/h6-8,10-12,15-16,20,24,28,35H,9,13-14,17-19H2,1-5H3. The van der Waals surface area contributed by atoms with E-state index in [-0.39, 0.29) is 18.0 Å². The number of fused-ring (bicyclic) bond motifs is 2. The van der Waals surface area contributed by atoms with E-state index in [0.717, 1.165) is 19.3 Å². The van der Waals surface area contributed by atoms with Gasteiger partial charge in [0.05, 0.1) is 32.0 Å². The lowest BCUT2D eigenvalue weighted by Gasteiger charge is -2.52. The smallest absolute Gasteiger partial charge is 0.273 e. The SMILES string of the molecule is COCC(COC)N1CN(C2C3=C(C=CCC3C)CCc3ccccc32)N2C=CC(C)(O)C(C)=C2C1=O. The van der Waals surface area contributed by atoms with Gasteiger partial charge in [-0.3, -0.25) is 9.80 Å². The third-order valence-electron chi connectivity index (χ3n) is 8.40. The first-order valence-electron chi connectivity index (χ1n) is 13.2. The Bertz CT molecular complexity index is 1180. The summed E-state index contributed by atoms with van der Waals surface area (Å²) in [4.78, 5) is 15.9. The first-order chi connectivity index (χ1) is 17.8. The van der Waals surface area contributed by atoms with Gasteiger partial charge in [-0.2, -0.15) is 5.01 Å². The van der Waals surface area contributed by atoms with Crippen molar-refractivity contribution in [1.82, 2.24) is 14.9 Å². The lowest BCUT2D eigenvalue weighted by Crippen LogP contribution is -2.62. The summed E-state index contributed by atoms with van der Waals surface area (Å²) in [6, 6.07) is 8.40. The molecule has 0 aromatic heterocycles. The summed E-state index contributed by atoms with van der Waals surface area (Å²) >= 11 is 0. The molecule has 1 N–H and O–H groups in total. The van der Waals surface area contributed by atoms with E-state index in [4.69, 9.17) is 9.47 Å². The van der Waals surface area contributed by atoms with E-state index in [0.29, 0.717) is 37.1 Å². The van der Waals surface area contributed by atoms with Crippen molar-refractivity contribution in [2.75, 3.05) is 34.1 Å². The first kappa shape index (κ1) is 25.9. The molecule has 3 atom stereocenters. The number of ether oxygens (including phenoxy) is 2. The zero-order valence-corrected chi connectivity index (χ0v) is 22.6. The molecule has 7 heteroatoms. The van der Waals surface area contributed by atoms with Crippen LogP contribution in [0.4, 0.5) is 0 Å². The van der Waals surface area contributed by atoms with Gasteiger partial charge in [0.15, 0.2) is 0 Å². The molecule has 4 aliphatic rings. The van der Waals surface area contributed by atoms with E-state index in [9.17, 15) is 9.90 Å². The van der Waals surface area contributed by atoms with E-state index < -0.39 is 5.60 Å². The van der Waals surface area contributed by atoms with Crippen LogP contribution in [-0.4, -0.2) is 71.7 Å². The lowest BCUT2D eigenvalue weighted by atomic mass is 9.81. The maximum Gasteiger partial charge on any atom is 0.273 e. The van der Waals surface area contributed by atoms with Gasteiger partial charge in [0.2, 0.25) is 0 Å². The third-order valence-corrected chi connectivity index (χ3v) is 8.40. The zero-order chi connectivity index (χ0) is 26.3. The summed E-state index contributed by atoms with van der Waals surface area (Å²) in [6.45, 7) is 7.00. The van der Waals surface area contributed by atoms with Gasteiger partial charge in [-0.05, 0) is 73.0 Å². The third kappa shape index (κ3) is 4.48. The average Bonchev–Trinajstić information content (AvgIpc) is 3.04. The fourth-order valence-corrected chi connectivity index (χ4v) is 6.24. The van der Waals surface area contributed by atoms with E-state index in [1.807, 2.05) is 23.0 Å². The van der Waals surface area contributed by atoms with Crippen molar-refractivity contribution < 1.29 is 19.4 Å². The number of hydrogen-bond acceptors (Lipinski definition) is 6. The minimum absolute atomic E-state index is 0.0505. The number of rotatable bonds is 6. The van der Waals surface area contributed by atoms with E-state index >= 15 is 0 Å². The fraction of sp³-hybridized carbons (Fsp3) is 0.500. The van der Waals surface area contributed by atoms with Crippen molar-refractivity contribution >= 4 is 5.91 Å². The monoisotopic (exact) mass is 505 g/mol. The molecule has 2 aliphatic heterocycles. The van der Waals surface area contributed by atoms with E-state index in [1.165, 1.54) is 22.3 Å². The highest BCUT2D eigenvalue weighted by molar-refractivity contribution is 5.95. The molecule has 1 amide bonds. The van der Waals surface area contributed by atoms with Gasteiger partial charge in [-0.25, -0.2) is 0 Å². The molecule has 1 saturated heterocycles. The number of amides is 1. The average molecular weight is 506 g/mol. The normalized spacial score (nSPS) is 28.0. The summed E-state index contributed by atoms with van der Waals surface area (Å²) in [5.41, 5.74) is 5.35. The molecule has 198 valence electrons. The Labute approximate surface area is 220 Å². The van der Waals surface area contributed by atoms with Crippen LogP contribution < -0.4 is 0 Å². The second-order valence-electron chi connectivity index (χ2n) is 10.8. The molecule has 3 unspecified atom stereocenters. The molecule has 37 heavy (non-hydrogen) atoms. The fourth-order valence-electron chi connectivity index (χ4n) is 6.24. The van der Waals surface area contributed by atoms with E-state index in [1.54, 1.807) is 27.2 Å². The van der Waals surface area contributed by atoms with Crippen molar-refractivity contribution in [2.45, 2.75) is 57.7 Å². The van der Waals surface area contributed by atoms with Gasteiger partial charge in [0, 0.05) is 20.4 Å². The Kier molecular flexibility index (Phi) is 7.16. The Morgan fingerprint density at radius 3 is 2.62 bits per heavy atom. The number of aryl methyl sites for hydroxylation is 1. The minimum atomic E-state index is -1.21. The van der Waals surface area contributed by atoms with Crippen molar-refractivity contribution in [1.29, 1.82) is 0 Å². The Morgan fingerprint density at radius 2 is 1.89 bits per heavy atom. The maximum absolute atomic E-state index is 14.1. The molecule has 7 nitrogen and oxygen atoms in total. The number of nitrogens with zero attached hydrogens (tertiary/aromatic N) is 3. The molecule has 2 aliphatic carbocycles. The Balaban J connectivity index is 1.71. The van der Waals surface area contributed by atoms with Crippen molar-refractivity contribution in [3.05, 3.63) is 82.2 Å². The number of methoxy groups -OCH3 is 2. The summed E-state index contributed by atoms with van der Waals surface area (Å²) in [6.07, 6.45) is 11.2. The van der Waals surface area contributed by atoms with Crippen LogP contribution in [0, 0.1) is 5.92 Å². The predicted molar refractivity (Wildman–Crippen MR) is 143 cm³/mol. The number of hydrazine groups is 1. The van der Waals surface area contributed by atoms with Crippen molar-refractivity contribution in [2.24, 2.45) is 5.92 Å². The molecule has 1 aromatic carbocycles. The first-order valence-corrected chi connectivity index (χ1v) is 13.2. The molecule has 2 heterocycles. The molecule has 1 fully saturated rings. The summed E-state index contributed by atoms with van der Waals surface area (Å²) < 4.78 is 11.0. The number of benzene rings is 1. The van der Waals surface area contributed by atoms with Crippen LogP contribution in [0.25, 0.3) is 0 Å². The van der Waals surface area contributed by atoms with Crippen molar-refractivity contribution in [3.8, 4) is 0 Å². The summed E-state index contributed by atoms with van der Waals surface area (Å²) in [7, 11) is 3.29. The quantitative estimate of drug-likeness (QED) is 0.628. The highest BCUT2D eigenvalue weighted by Gasteiger charge is 2.47. The molecular weight excluding hydrogens is 466 g/mol. The van der Waals surface area contributed by atoms with Gasteiger partial charge in [0.1, 0.15) is 11.3 Å². The molecule has 0 saturated carbocycles. The minimum Gasteiger partial charge on any atom is -0.382 e. The zero-order valence-electron chi connectivity index (χ0n) is 22.6. The lowest BCUT2D eigenvalue weighted by molar-refractivity contribution is -0.158. The van der Waals surface area contributed by atoms with Gasteiger partial charge in [-0.15, -0.1) is 0 Å². The Morgan fingerprint density at radius 1 is 1.16 bits per heavy atom. The van der Waals surface area contributed by atoms with Gasteiger partial charge >= 0.3 is 0 Å². The molecule has 0 bridgehead atoms. The van der Waals surface area contributed by atoms with Gasteiger partial charge < -0.3 is 19.5 Å². The second-order valence-corrected chi connectivity index (χ2v) is 10.8. The Hall–Kier alpha value is -2.71. The van der Waals surface area contributed by atoms with Gasteiger partial charge in [0.25, 0.3) is 5.91 Å². The maximum atomic E-state index is 14.1. The van der Waals surface area contributed by atoms with Crippen LogP contribution in [0.5, 0.6) is 0 Å². The second kappa shape index (κ2) is 10.2. The van der Waals surface area contributed by atoms with Crippen LogP contribution >= 0.6 is 0 Å². The molecule has 0 spiro atoms. The highest BCUT2D eigenvalue weighted by Crippen LogP contribution is 2.47. The van der Waals surface area contributed by atoms with Crippen LogP contribution in [0.1, 0.15) is 50.8 Å². The number of aliphatic hydroxyl groups is 1. The van der Waals surface area contributed by atoms with Crippen LogP contribution in [-0.2, 0) is 20.7 Å². The molecular formula is C30H39N3O4. The van der Waals surface area contributed by atoms with Crippen LogP contribution in [0.2, 0.25) is 0 Å². The van der Waals surface area contributed by atoms with Crippen LogP contribution in [0.15, 0.2) is 71.1 Å². The van der Waals surface area contributed by atoms with Crippen LogP contribution in [0.3, 0.4) is 0 Å². The summed E-state index contributed by atoms with van der Waals surface area (Å²) in [5, 5.41) is 15.4. The summed E-state index contributed by atoms with van der Waals surface area (Å²) in [5.74, 6) is 0.256. The number of allylic oxidation sites excluding steroid dienone is 3. The number of carbonyl (C=O) groups excluding carboxylic acids is 1. The van der Waals surface area contributed by atoms with Crippen molar-refractivity contribution in [3.63, 3.8) is 0 Å². The predicted octanol–water partition coefficient (Wildman–Crippen LogP) is 4.10. The topological polar surface area (TPSA) is 65.5 Å². The number of hydrogen-bond donors (Lipinski definition) is 1.